The largest absolute Gasteiger partial charge is 0.320 e. The van der Waals surface area contributed by atoms with E-state index in [4.69, 9.17) is 0 Å². The highest BCUT2D eigenvalue weighted by Crippen LogP contribution is 2.52. The SMILES string of the molecule is CNCCC1CC2CC1CC2CNI. The van der Waals surface area contributed by atoms with Gasteiger partial charge in [0.2, 0.25) is 0 Å². The van der Waals surface area contributed by atoms with Gasteiger partial charge in [0.25, 0.3) is 0 Å². The number of nitrogens with one attached hydrogen (secondary N) is 2. The van der Waals surface area contributed by atoms with Crippen molar-refractivity contribution in [2.24, 2.45) is 23.7 Å². The van der Waals surface area contributed by atoms with E-state index in [9.17, 15) is 0 Å². The standard InChI is InChI=1S/C11H21IN2/c1-13-3-2-8-4-10-5-9(8)6-11(10)7-14-12/h8-11,13-14H,2-7H2,1H3. The van der Waals surface area contributed by atoms with Crippen molar-refractivity contribution < 1.29 is 0 Å². The van der Waals surface area contributed by atoms with Gasteiger partial charge in [0.15, 0.2) is 0 Å². The number of halogens is 1. The lowest BCUT2D eigenvalue weighted by molar-refractivity contribution is 0.248. The van der Waals surface area contributed by atoms with Gasteiger partial charge >= 0.3 is 0 Å². The molecule has 0 amide bonds. The van der Waals surface area contributed by atoms with Crippen LogP contribution in [0.3, 0.4) is 0 Å². The van der Waals surface area contributed by atoms with Gasteiger partial charge in [0.1, 0.15) is 0 Å². The minimum atomic E-state index is 0.989. The van der Waals surface area contributed by atoms with E-state index in [0.717, 1.165) is 23.7 Å². The van der Waals surface area contributed by atoms with Gasteiger partial charge in [-0.25, -0.2) is 0 Å². The lowest BCUT2D eigenvalue weighted by Crippen LogP contribution is -2.25. The zero-order chi connectivity index (χ0) is 9.97. The summed E-state index contributed by atoms with van der Waals surface area (Å²) in [4.78, 5) is 0. The molecule has 0 aromatic rings. The molecule has 2 N–H and O–H groups in total. The highest BCUT2D eigenvalue weighted by atomic mass is 127. The Morgan fingerprint density at radius 1 is 1.14 bits per heavy atom. The van der Waals surface area contributed by atoms with Gasteiger partial charge in [0.05, 0.1) is 0 Å². The molecule has 0 aromatic heterocycles. The van der Waals surface area contributed by atoms with Crippen molar-refractivity contribution in [1.82, 2.24) is 8.85 Å². The molecule has 3 heteroatoms. The van der Waals surface area contributed by atoms with Crippen LogP contribution in [0.2, 0.25) is 0 Å². The minimum Gasteiger partial charge on any atom is -0.320 e. The van der Waals surface area contributed by atoms with Crippen LogP contribution >= 0.6 is 22.9 Å². The Balaban J connectivity index is 1.78. The van der Waals surface area contributed by atoms with E-state index < -0.39 is 0 Å². The Morgan fingerprint density at radius 3 is 2.43 bits per heavy atom. The van der Waals surface area contributed by atoms with Crippen molar-refractivity contribution in [1.29, 1.82) is 0 Å². The lowest BCUT2D eigenvalue weighted by Gasteiger charge is -2.27. The summed E-state index contributed by atoms with van der Waals surface area (Å²) in [6.45, 7) is 2.45. The van der Waals surface area contributed by atoms with E-state index in [1.54, 1.807) is 0 Å². The van der Waals surface area contributed by atoms with E-state index in [-0.39, 0.29) is 0 Å². The molecule has 0 radical (unpaired) electrons. The van der Waals surface area contributed by atoms with Crippen molar-refractivity contribution in [3.05, 3.63) is 0 Å². The van der Waals surface area contributed by atoms with Crippen molar-refractivity contribution in [3.8, 4) is 0 Å². The number of rotatable bonds is 5. The average molecular weight is 308 g/mol. The third-order valence-electron chi connectivity index (χ3n) is 4.25. The number of fused-ring (bicyclic) bond motifs is 2. The fourth-order valence-electron chi connectivity index (χ4n) is 3.55. The molecule has 2 aliphatic rings. The molecule has 0 saturated heterocycles. The third kappa shape index (κ3) is 2.25. The van der Waals surface area contributed by atoms with Gasteiger partial charge < -0.3 is 5.32 Å². The fraction of sp³-hybridized carbons (Fsp3) is 1.00. The Labute approximate surface area is 101 Å². The second-order valence-electron chi connectivity index (χ2n) is 4.98. The highest BCUT2D eigenvalue weighted by molar-refractivity contribution is 14.1. The van der Waals surface area contributed by atoms with Gasteiger partial charge in [-0.2, -0.15) is 0 Å². The summed E-state index contributed by atoms with van der Waals surface area (Å²) in [7, 11) is 2.07. The molecule has 82 valence electrons. The van der Waals surface area contributed by atoms with Gasteiger partial charge in [-0.3, -0.25) is 3.53 Å². The third-order valence-corrected chi connectivity index (χ3v) is 4.69. The van der Waals surface area contributed by atoms with Crippen LogP contribution in [0.4, 0.5) is 0 Å². The summed E-state index contributed by atoms with van der Waals surface area (Å²) in [6.07, 6.45) is 5.93. The molecule has 2 saturated carbocycles. The topological polar surface area (TPSA) is 24.1 Å². The molecular formula is C11H21IN2. The first-order valence-electron chi connectivity index (χ1n) is 5.83. The second-order valence-corrected chi connectivity index (χ2v) is 5.74. The summed E-state index contributed by atoms with van der Waals surface area (Å²) in [5.74, 6) is 4.13. The van der Waals surface area contributed by atoms with Crippen LogP contribution < -0.4 is 8.85 Å². The molecule has 4 unspecified atom stereocenters. The summed E-state index contributed by atoms with van der Waals surface area (Å²) < 4.78 is 3.31. The summed E-state index contributed by atoms with van der Waals surface area (Å²) in [5.41, 5.74) is 0. The first kappa shape index (κ1) is 11.1. The van der Waals surface area contributed by atoms with Crippen LogP contribution in [0, 0.1) is 23.7 Å². The quantitative estimate of drug-likeness (QED) is 0.601. The van der Waals surface area contributed by atoms with E-state index >= 15 is 0 Å². The molecule has 2 bridgehead atoms. The molecule has 0 spiro atoms. The maximum absolute atomic E-state index is 3.31. The maximum atomic E-state index is 3.31. The predicted molar refractivity (Wildman–Crippen MR) is 68.4 cm³/mol. The van der Waals surface area contributed by atoms with Gasteiger partial charge in [-0.1, -0.05) is 0 Å². The first-order valence-corrected chi connectivity index (χ1v) is 6.91. The highest BCUT2D eigenvalue weighted by Gasteiger charge is 2.44. The zero-order valence-corrected chi connectivity index (χ0v) is 11.1. The maximum Gasteiger partial charge on any atom is 0.0169 e. The Kier molecular flexibility index (Phi) is 4.08. The van der Waals surface area contributed by atoms with Crippen LogP contribution in [0.1, 0.15) is 25.7 Å². The van der Waals surface area contributed by atoms with Crippen LogP contribution in [0.5, 0.6) is 0 Å². The first-order chi connectivity index (χ1) is 6.85. The summed E-state index contributed by atoms with van der Waals surface area (Å²) in [6, 6.07) is 0. The molecule has 2 nitrogen and oxygen atoms in total. The molecule has 14 heavy (non-hydrogen) atoms. The molecule has 0 aromatic carbocycles. The second kappa shape index (κ2) is 5.12. The van der Waals surface area contributed by atoms with Crippen LogP contribution in [-0.2, 0) is 0 Å². The Bertz CT molecular complexity index is 186. The summed E-state index contributed by atoms with van der Waals surface area (Å²) in [5, 5.41) is 3.28. The Morgan fingerprint density at radius 2 is 1.86 bits per heavy atom. The molecule has 4 atom stereocenters. The molecule has 0 heterocycles. The van der Waals surface area contributed by atoms with E-state index in [0.29, 0.717) is 0 Å². The fourth-order valence-corrected chi connectivity index (χ4v) is 4.11. The van der Waals surface area contributed by atoms with Crippen LogP contribution in [0.25, 0.3) is 0 Å². The van der Waals surface area contributed by atoms with Crippen molar-refractivity contribution >= 4 is 22.9 Å². The van der Waals surface area contributed by atoms with Gasteiger partial charge in [-0.05, 0) is 62.9 Å². The molecule has 2 fully saturated rings. The van der Waals surface area contributed by atoms with Gasteiger partial charge in [0, 0.05) is 29.4 Å². The summed E-state index contributed by atoms with van der Waals surface area (Å²) >= 11 is 2.29. The molecule has 2 rings (SSSR count). The normalized spacial score (nSPS) is 40.7. The average Bonchev–Trinajstić information content (AvgIpc) is 2.74. The lowest BCUT2D eigenvalue weighted by atomic mass is 9.80. The Hall–Kier alpha value is 0.650. The number of hydrogen-bond donors (Lipinski definition) is 2. The molecule has 2 aliphatic carbocycles. The molecule has 0 aliphatic heterocycles. The van der Waals surface area contributed by atoms with Crippen LogP contribution in [0.15, 0.2) is 0 Å². The van der Waals surface area contributed by atoms with Crippen molar-refractivity contribution in [3.63, 3.8) is 0 Å². The van der Waals surface area contributed by atoms with Crippen molar-refractivity contribution in [2.45, 2.75) is 25.7 Å². The predicted octanol–water partition coefficient (Wildman–Crippen LogP) is 2.20. The number of hydrogen-bond acceptors (Lipinski definition) is 2. The minimum absolute atomic E-state index is 0.989. The monoisotopic (exact) mass is 308 g/mol. The van der Waals surface area contributed by atoms with E-state index in [1.807, 2.05) is 0 Å². The zero-order valence-electron chi connectivity index (χ0n) is 8.93. The van der Waals surface area contributed by atoms with Gasteiger partial charge in [-0.15, -0.1) is 0 Å². The van der Waals surface area contributed by atoms with Crippen molar-refractivity contribution in [2.75, 3.05) is 20.1 Å². The molecular weight excluding hydrogens is 287 g/mol. The van der Waals surface area contributed by atoms with E-state index in [2.05, 4.69) is 38.8 Å². The van der Waals surface area contributed by atoms with E-state index in [1.165, 1.54) is 38.8 Å². The van der Waals surface area contributed by atoms with Crippen LogP contribution in [-0.4, -0.2) is 20.1 Å². The smallest absolute Gasteiger partial charge is 0.0169 e.